The number of nitrogens with one attached hydrogen (secondary N) is 1. The molecule has 0 saturated carbocycles. The Bertz CT molecular complexity index is 528. The zero-order valence-electron chi connectivity index (χ0n) is 14.2. The molecule has 0 aromatic rings. The van der Waals surface area contributed by atoms with E-state index in [1.165, 1.54) is 6.26 Å². The zero-order valence-corrected chi connectivity index (χ0v) is 14.2. The summed E-state index contributed by atoms with van der Waals surface area (Å²) in [6.07, 6.45) is 8.20. The average molecular weight is 333 g/mol. The van der Waals surface area contributed by atoms with Crippen LogP contribution in [0.2, 0.25) is 0 Å². The number of carbonyl (C=O) groups excluding carboxylic acids is 2. The maximum atomic E-state index is 12.1. The molecule has 2 unspecified atom stereocenters. The monoisotopic (exact) mass is 333 g/mol. The summed E-state index contributed by atoms with van der Waals surface area (Å²) < 4.78 is 5.01. The summed E-state index contributed by atoms with van der Waals surface area (Å²) in [6.45, 7) is 6.50. The summed E-state index contributed by atoms with van der Waals surface area (Å²) in [5.74, 6) is 0.218. The molecule has 0 radical (unpaired) electrons. The molecule has 6 heteroatoms. The number of fused-ring (bicyclic) bond motifs is 2. The van der Waals surface area contributed by atoms with Crippen molar-refractivity contribution < 1.29 is 14.3 Å². The van der Waals surface area contributed by atoms with E-state index in [0.717, 1.165) is 58.2 Å². The molecular formula is C18H27N3O3. The fraction of sp³-hybridized carbons (Fsp3) is 0.778. The van der Waals surface area contributed by atoms with E-state index in [9.17, 15) is 9.59 Å². The molecule has 0 aliphatic carbocycles. The second-order valence-electron chi connectivity index (χ2n) is 7.96. The number of carbonyl (C=O) groups is 2. The Morgan fingerprint density at radius 3 is 2.42 bits per heavy atom. The number of hydrogen-bond donors (Lipinski definition) is 1. The summed E-state index contributed by atoms with van der Waals surface area (Å²) in [5.41, 5.74) is 0.209. The van der Waals surface area contributed by atoms with Gasteiger partial charge in [0, 0.05) is 31.1 Å². The van der Waals surface area contributed by atoms with E-state index in [-0.39, 0.29) is 17.4 Å². The topological polar surface area (TPSA) is 61.9 Å². The maximum absolute atomic E-state index is 12.1. The van der Waals surface area contributed by atoms with E-state index in [4.69, 9.17) is 4.74 Å². The van der Waals surface area contributed by atoms with Gasteiger partial charge in [0.25, 0.3) is 0 Å². The Labute approximate surface area is 143 Å². The van der Waals surface area contributed by atoms with Crippen LogP contribution in [0.3, 0.4) is 0 Å². The Morgan fingerprint density at radius 1 is 1.21 bits per heavy atom. The third-order valence-electron chi connectivity index (χ3n) is 6.67. The number of ether oxygens (including phenoxy) is 1. The van der Waals surface area contributed by atoms with Gasteiger partial charge in [0.05, 0.1) is 6.26 Å². The lowest BCUT2D eigenvalue weighted by atomic mass is 9.77. The summed E-state index contributed by atoms with van der Waals surface area (Å²) in [5, 5.41) is 3.01. The highest BCUT2D eigenvalue weighted by molar-refractivity contribution is 5.79. The fourth-order valence-corrected chi connectivity index (χ4v) is 5.35. The van der Waals surface area contributed by atoms with E-state index in [0.29, 0.717) is 24.5 Å². The smallest absolute Gasteiger partial charge is 0.415 e. The summed E-state index contributed by atoms with van der Waals surface area (Å²) in [7, 11) is 0. The van der Waals surface area contributed by atoms with Crippen LogP contribution in [0.15, 0.2) is 12.8 Å². The Hall–Kier alpha value is -1.56. The van der Waals surface area contributed by atoms with E-state index in [2.05, 4.69) is 16.8 Å². The SMILES string of the molecule is C=COC(=O)N1C2CCC1CC(N1CCC3(CC1)CNC(=O)C3)C2. The minimum Gasteiger partial charge on any atom is -0.419 e. The average Bonchev–Trinajstić information content (AvgIpc) is 3.05. The number of likely N-dealkylation sites (tertiary alicyclic amines) is 1. The van der Waals surface area contributed by atoms with Crippen molar-refractivity contribution in [2.75, 3.05) is 19.6 Å². The quantitative estimate of drug-likeness (QED) is 0.784. The number of nitrogens with zero attached hydrogens (tertiary/aromatic N) is 2. The van der Waals surface area contributed by atoms with E-state index >= 15 is 0 Å². The van der Waals surface area contributed by atoms with Crippen molar-refractivity contribution in [3.05, 3.63) is 12.8 Å². The highest BCUT2D eigenvalue weighted by atomic mass is 16.5. The molecule has 4 aliphatic heterocycles. The van der Waals surface area contributed by atoms with E-state index in [1.807, 2.05) is 4.90 Å². The molecule has 1 spiro atoms. The number of rotatable bonds is 2. The molecule has 1 N–H and O–H groups in total. The van der Waals surface area contributed by atoms with Gasteiger partial charge in [0.1, 0.15) is 0 Å². The molecule has 4 heterocycles. The number of amides is 2. The predicted molar refractivity (Wildman–Crippen MR) is 89.2 cm³/mol. The van der Waals surface area contributed by atoms with E-state index in [1.54, 1.807) is 0 Å². The van der Waals surface area contributed by atoms with Gasteiger partial charge in [-0.25, -0.2) is 4.79 Å². The lowest BCUT2D eigenvalue weighted by Gasteiger charge is -2.46. The minimum atomic E-state index is -0.232. The molecular weight excluding hydrogens is 306 g/mol. The molecule has 4 aliphatic rings. The second-order valence-corrected chi connectivity index (χ2v) is 7.96. The van der Waals surface area contributed by atoms with Crippen LogP contribution in [-0.4, -0.2) is 59.6 Å². The van der Waals surface area contributed by atoms with Crippen molar-refractivity contribution in [3.8, 4) is 0 Å². The normalized spacial score (nSPS) is 35.1. The van der Waals surface area contributed by atoms with Gasteiger partial charge in [-0.3, -0.25) is 4.79 Å². The van der Waals surface area contributed by atoms with Crippen molar-refractivity contribution in [1.82, 2.24) is 15.1 Å². The standard InChI is InChI=1S/C18H27N3O3/c1-2-24-17(23)21-13-3-4-14(21)10-15(9-13)20-7-5-18(6-8-20)11-16(22)19-12-18/h2,13-15H,1,3-12H2,(H,19,22). The van der Waals surface area contributed by atoms with Gasteiger partial charge in [-0.1, -0.05) is 6.58 Å². The van der Waals surface area contributed by atoms with Crippen LogP contribution in [0.25, 0.3) is 0 Å². The highest BCUT2D eigenvalue weighted by Gasteiger charge is 2.47. The summed E-state index contributed by atoms with van der Waals surface area (Å²) in [6, 6.07) is 1.19. The zero-order chi connectivity index (χ0) is 16.7. The van der Waals surface area contributed by atoms with Crippen LogP contribution in [0, 0.1) is 5.41 Å². The first-order valence-electron chi connectivity index (χ1n) is 9.21. The predicted octanol–water partition coefficient (Wildman–Crippen LogP) is 1.86. The van der Waals surface area contributed by atoms with E-state index < -0.39 is 0 Å². The lowest BCUT2D eigenvalue weighted by molar-refractivity contribution is -0.119. The maximum Gasteiger partial charge on any atom is 0.415 e. The van der Waals surface area contributed by atoms with Crippen LogP contribution in [0.1, 0.15) is 44.9 Å². The first kappa shape index (κ1) is 15.9. The molecule has 0 aromatic carbocycles. The first-order chi connectivity index (χ1) is 11.6. The molecule has 2 amide bonds. The summed E-state index contributed by atoms with van der Waals surface area (Å²) >= 11 is 0. The van der Waals surface area contributed by atoms with Gasteiger partial charge in [-0.2, -0.15) is 0 Å². The summed E-state index contributed by atoms with van der Waals surface area (Å²) in [4.78, 5) is 28.2. The molecule has 0 aromatic heterocycles. The van der Waals surface area contributed by atoms with Crippen molar-refractivity contribution >= 4 is 12.0 Å². The van der Waals surface area contributed by atoms with Gasteiger partial charge in [0.15, 0.2) is 0 Å². The molecule has 4 rings (SSSR count). The van der Waals surface area contributed by atoms with Gasteiger partial charge in [-0.05, 0) is 57.0 Å². The van der Waals surface area contributed by atoms with Gasteiger partial charge in [-0.15, -0.1) is 0 Å². The van der Waals surface area contributed by atoms with Crippen molar-refractivity contribution in [3.63, 3.8) is 0 Å². The molecule has 6 nitrogen and oxygen atoms in total. The van der Waals surface area contributed by atoms with Crippen LogP contribution < -0.4 is 5.32 Å². The van der Waals surface area contributed by atoms with Crippen molar-refractivity contribution in [1.29, 1.82) is 0 Å². The van der Waals surface area contributed by atoms with Crippen LogP contribution in [0.5, 0.6) is 0 Å². The largest absolute Gasteiger partial charge is 0.419 e. The minimum absolute atomic E-state index is 0.209. The van der Waals surface area contributed by atoms with Crippen molar-refractivity contribution in [2.45, 2.75) is 63.1 Å². The van der Waals surface area contributed by atoms with Gasteiger partial charge < -0.3 is 19.9 Å². The second kappa shape index (κ2) is 6.06. The molecule has 24 heavy (non-hydrogen) atoms. The molecule has 4 fully saturated rings. The Balaban J connectivity index is 1.36. The highest BCUT2D eigenvalue weighted by Crippen LogP contribution is 2.42. The number of piperidine rings is 2. The third kappa shape index (κ3) is 2.70. The molecule has 132 valence electrons. The molecule has 4 saturated heterocycles. The lowest BCUT2D eigenvalue weighted by Crippen LogP contribution is -2.54. The Kier molecular flexibility index (Phi) is 4.03. The fourth-order valence-electron chi connectivity index (χ4n) is 5.35. The van der Waals surface area contributed by atoms with Gasteiger partial charge >= 0.3 is 6.09 Å². The van der Waals surface area contributed by atoms with Crippen molar-refractivity contribution in [2.24, 2.45) is 5.41 Å². The van der Waals surface area contributed by atoms with Gasteiger partial charge in [0.2, 0.25) is 5.91 Å². The first-order valence-corrected chi connectivity index (χ1v) is 9.21. The molecule has 2 atom stereocenters. The van der Waals surface area contributed by atoms with Crippen LogP contribution in [-0.2, 0) is 9.53 Å². The Morgan fingerprint density at radius 2 is 1.88 bits per heavy atom. The third-order valence-corrected chi connectivity index (χ3v) is 6.67. The van der Waals surface area contributed by atoms with Crippen LogP contribution >= 0.6 is 0 Å². The number of hydrogen-bond acceptors (Lipinski definition) is 4. The van der Waals surface area contributed by atoms with Crippen LogP contribution in [0.4, 0.5) is 4.79 Å². The molecule has 2 bridgehead atoms.